The number of likely N-dealkylation sites (tertiary alicyclic amines) is 1. The molecule has 2 aliphatic rings. The molecule has 0 aromatic heterocycles. The van der Waals surface area contributed by atoms with E-state index in [0.717, 1.165) is 32.2 Å². The van der Waals surface area contributed by atoms with Crippen LogP contribution >= 0.6 is 0 Å². The van der Waals surface area contributed by atoms with E-state index in [9.17, 15) is 4.79 Å². The van der Waals surface area contributed by atoms with Crippen LogP contribution in [0.1, 0.15) is 12.8 Å². The van der Waals surface area contributed by atoms with Gasteiger partial charge in [0.25, 0.3) is 0 Å². The summed E-state index contributed by atoms with van der Waals surface area (Å²) >= 11 is 0. The molecule has 0 amide bonds. The van der Waals surface area contributed by atoms with Gasteiger partial charge in [-0.25, -0.2) is 0 Å². The Balaban J connectivity index is 1.73. The maximum absolute atomic E-state index is 10.6. The van der Waals surface area contributed by atoms with Gasteiger partial charge in [-0.05, 0) is 33.0 Å². The Bertz CT molecular complexity index is 256. The van der Waals surface area contributed by atoms with Crippen LogP contribution in [-0.4, -0.2) is 84.7 Å². The summed E-state index contributed by atoms with van der Waals surface area (Å²) in [5.41, 5.74) is 0. The molecule has 2 heterocycles. The highest BCUT2D eigenvalue weighted by Gasteiger charge is 2.26. The van der Waals surface area contributed by atoms with Crippen molar-refractivity contribution in [3.63, 3.8) is 0 Å². The number of piperidine rings is 1. The van der Waals surface area contributed by atoms with Crippen molar-refractivity contribution in [1.82, 2.24) is 14.7 Å². The summed E-state index contributed by atoms with van der Waals surface area (Å²) in [6.07, 6.45) is 2.52. The third-order valence-corrected chi connectivity index (χ3v) is 3.97. The molecule has 2 fully saturated rings. The van der Waals surface area contributed by atoms with Gasteiger partial charge >= 0.3 is 5.97 Å². The van der Waals surface area contributed by atoms with Crippen molar-refractivity contribution in [2.24, 2.45) is 0 Å². The fourth-order valence-corrected chi connectivity index (χ4v) is 2.84. The highest BCUT2D eigenvalue weighted by molar-refractivity contribution is 5.69. The second-order valence-electron chi connectivity index (χ2n) is 5.24. The van der Waals surface area contributed by atoms with Crippen LogP contribution in [0, 0.1) is 0 Å². The normalized spacial score (nSPS) is 26.2. The van der Waals surface area contributed by atoms with E-state index in [1.807, 2.05) is 4.90 Å². The Hall–Kier alpha value is -0.650. The fraction of sp³-hybridized carbons (Fsp3) is 0.917. The monoisotopic (exact) mass is 241 g/mol. The molecule has 2 aliphatic heterocycles. The van der Waals surface area contributed by atoms with Crippen molar-refractivity contribution in [3.8, 4) is 0 Å². The van der Waals surface area contributed by atoms with Gasteiger partial charge in [0.05, 0.1) is 6.54 Å². The average Bonchev–Trinajstić information content (AvgIpc) is 2.30. The molecule has 0 radical (unpaired) electrons. The lowest BCUT2D eigenvalue weighted by Crippen LogP contribution is -2.53. The Kier molecular flexibility index (Phi) is 4.36. The molecule has 17 heavy (non-hydrogen) atoms. The number of carboxylic acid groups (broad SMARTS) is 1. The fourth-order valence-electron chi connectivity index (χ4n) is 2.84. The highest BCUT2D eigenvalue weighted by Crippen LogP contribution is 2.17. The van der Waals surface area contributed by atoms with E-state index in [2.05, 4.69) is 16.8 Å². The van der Waals surface area contributed by atoms with E-state index in [1.54, 1.807) is 0 Å². The number of nitrogens with zero attached hydrogens (tertiary/aromatic N) is 3. The molecule has 98 valence electrons. The first-order valence-electron chi connectivity index (χ1n) is 6.52. The number of piperazine rings is 1. The van der Waals surface area contributed by atoms with Crippen LogP contribution in [0.2, 0.25) is 0 Å². The van der Waals surface area contributed by atoms with Gasteiger partial charge in [-0.2, -0.15) is 0 Å². The Morgan fingerprint density at radius 1 is 1.12 bits per heavy atom. The minimum Gasteiger partial charge on any atom is -0.480 e. The molecule has 2 saturated heterocycles. The maximum Gasteiger partial charge on any atom is 0.317 e. The molecule has 0 aromatic carbocycles. The second-order valence-corrected chi connectivity index (χ2v) is 5.24. The molecular weight excluding hydrogens is 218 g/mol. The van der Waals surface area contributed by atoms with Crippen LogP contribution in [0.4, 0.5) is 0 Å². The van der Waals surface area contributed by atoms with Crippen molar-refractivity contribution < 1.29 is 9.90 Å². The third-order valence-electron chi connectivity index (χ3n) is 3.97. The summed E-state index contributed by atoms with van der Waals surface area (Å²) in [5.74, 6) is -0.710. The van der Waals surface area contributed by atoms with E-state index >= 15 is 0 Å². The van der Waals surface area contributed by atoms with Crippen molar-refractivity contribution in [2.75, 3.05) is 52.9 Å². The molecule has 0 spiro atoms. The van der Waals surface area contributed by atoms with Crippen molar-refractivity contribution in [1.29, 1.82) is 0 Å². The summed E-state index contributed by atoms with van der Waals surface area (Å²) in [6, 6.07) is 0.721. The standard InChI is InChI=1S/C12H23N3O2/c1-13-4-2-11(3-5-13)15-8-6-14(7-9-15)10-12(16)17/h11H,2-10H2,1H3,(H,16,17). The van der Waals surface area contributed by atoms with Gasteiger partial charge in [0.2, 0.25) is 0 Å². The van der Waals surface area contributed by atoms with E-state index in [4.69, 9.17) is 5.11 Å². The minimum absolute atomic E-state index is 0.196. The first kappa shape index (κ1) is 12.8. The van der Waals surface area contributed by atoms with Crippen LogP contribution in [-0.2, 0) is 4.79 Å². The molecule has 2 rings (SSSR count). The summed E-state index contributed by atoms with van der Waals surface area (Å²) in [7, 11) is 2.18. The van der Waals surface area contributed by atoms with Gasteiger partial charge in [-0.1, -0.05) is 0 Å². The summed E-state index contributed by atoms with van der Waals surface area (Å²) in [5, 5.41) is 8.75. The number of carbonyl (C=O) groups is 1. The molecule has 0 saturated carbocycles. The van der Waals surface area contributed by atoms with Crippen molar-refractivity contribution in [2.45, 2.75) is 18.9 Å². The predicted octanol–water partition coefficient (Wildman–Crippen LogP) is -0.217. The second kappa shape index (κ2) is 5.80. The smallest absolute Gasteiger partial charge is 0.317 e. The van der Waals surface area contributed by atoms with E-state index < -0.39 is 5.97 Å². The van der Waals surface area contributed by atoms with Crippen molar-refractivity contribution in [3.05, 3.63) is 0 Å². The summed E-state index contributed by atoms with van der Waals surface area (Å²) < 4.78 is 0. The largest absolute Gasteiger partial charge is 0.480 e. The Labute approximate surface area is 103 Å². The molecule has 0 aliphatic carbocycles. The maximum atomic E-state index is 10.6. The third kappa shape index (κ3) is 3.66. The Morgan fingerprint density at radius 3 is 2.24 bits per heavy atom. The lowest BCUT2D eigenvalue weighted by Gasteiger charge is -2.41. The molecule has 0 aromatic rings. The number of hydrogen-bond donors (Lipinski definition) is 1. The molecule has 0 atom stereocenters. The van der Waals surface area contributed by atoms with Crippen LogP contribution in [0.5, 0.6) is 0 Å². The first-order chi connectivity index (χ1) is 8.15. The zero-order valence-corrected chi connectivity index (χ0v) is 10.6. The van der Waals surface area contributed by atoms with E-state index in [1.165, 1.54) is 25.9 Å². The number of hydrogen-bond acceptors (Lipinski definition) is 4. The van der Waals surface area contributed by atoms with Crippen LogP contribution in [0.25, 0.3) is 0 Å². The first-order valence-corrected chi connectivity index (χ1v) is 6.52. The quantitative estimate of drug-likeness (QED) is 0.740. The Morgan fingerprint density at radius 2 is 1.71 bits per heavy atom. The van der Waals surface area contributed by atoms with E-state index in [0.29, 0.717) is 0 Å². The van der Waals surface area contributed by atoms with Gasteiger partial charge < -0.3 is 10.0 Å². The average molecular weight is 241 g/mol. The lowest BCUT2D eigenvalue weighted by atomic mass is 10.0. The molecule has 0 bridgehead atoms. The van der Waals surface area contributed by atoms with E-state index in [-0.39, 0.29) is 6.54 Å². The zero-order chi connectivity index (χ0) is 12.3. The highest BCUT2D eigenvalue weighted by atomic mass is 16.4. The summed E-state index contributed by atoms with van der Waals surface area (Å²) in [6.45, 7) is 6.45. The summed E-state index contributed by atoms with van der Waals surface area (Å²) in [4.78, 5) is 17.6. The lowest BCUT2D eigenvalue weighted by molar-refractivity contribution is -0.138. The minimum atomic E-state index is -0.710. The zero-order valence-electron chi connectivity index (χ0n) is 10.6. The van der Waals surface area contributed by atoms with Gasteiger partial charge in [-0.15, -0.1) is 0 Å². The molecule has 5 heteroatoms. The predicted molar refractivity (Wildman–Crippen MR) is 66.2 cm³/mol. The number of carboxylic acids is 1. The molecule has 0 unspecified atom stereocenters. The van der Waals surface area contributed by atoms with Crippen LogP contribution < -0.4 is 0 Å². The van der Waals surface area contributed by atoms with Crippen LogP contribution in [0.3, 0.4) is 0 Å². The SMILES string of the molecule is CN1CCC(N2CCN(CC(=O)O)CC2)CC1. The number of aliphatic carboxylic acids is 1. The molecule has 5 nitrogen and oxygen atoms in total. The van der Waals surface area contributed by atoms with Gasteiger partial charge in [0.15, 0.2) is 0 Å². The van der Waals surface area contributed by atoms with Crippen molar-refractivity contribution >= 4 is 5.97 Å². The number of rotatable bonds is 3. The molecule has 1 N–H and O–H groups in total. The molecular formula is C12H23N3O2. The van der Waals surface area contributed by atoms with Gasteiger partial charge in [0.1, 0.15) is 0 Å². The topological polar surface area (TPSA) is 47.0 Å². The van der Waals surface area contributed by atoms with Gasteiger partial charge in [-0.3, -0.25) is 14.6 Å². The van der Waals surface area contributed by atoms with Gasteiger partial charge in [0, 0.05) is 32.2 Å². The van der Waals surface area contributed by atoms with Crippen LogP contribution in [0.15, 0.2) is 0 Å².